The average Bonchev–Trinajstić information content (AvgIpc) is 2.03. The first-order chi connectivity index (χ1) is 6.07. The third-order valence-electron chi connectivity index (χ3n) is 1.66. The van der Waals surface area contributed by atoms with E-state index in [1.54, 1.807) is 0 Å². The summed E-state index contributed by atoms with van der Waals surface area (Å²) in [5.74, 6) is -0.382. The molecule has 0 saturated heterocycles. The molecule has 3 N–H and O–H groups in total. The Labute approximate surface area is 79.8 Å². The number of carbonyl (C=O) groups excluding carboxylic acids is 1. The number of nitrogens with two attached hydrogens (primary N) is 1. The Morgan fingerprint density at radius 2 is 2.15 bits per heavy atom. The highest BCUT2D eigenvalue weighted by Crippen LogP contribution is 1.95. The van der Waals surface area contributed by atoms with Crippen molar-refractivity contribution in [3.8, 4) is 0 Å². The fraction of sp³-hybridized carbons (Fsp3) is 0.889. The third-order valence-corrected chi connectivity index (χ3v) is 1.66. The zero-order valence-electron chi connectivity index (χ0n) is 8.67. The van der Waals surface area contributed by atoms with Crippen molar-refractivity contribution in [2.75, 3.05) is 13.2 Å². The van der Waals surface area contributed by atoms with E-state index in [0.29, 0.717) is 19.1 Å². The number of nitrogens with one attached hydrogen (secondary N) is 1. The molecule has 4 nitrogen and oxygen atoms in total. The molecule has 0 saturated carbocycles. The van der Waals surface area contributed by atoms with Crippen LogP contribution >= 0.6 is 0 Å². The van der Waals surface area contributed by atoms with Crippen molar-refractivity contribution in [1.29, 1.82) is 0 Å². The first kappa shape index (κ1) is 12.4. The molecule has 1 unspecified atom stereocenters. The van der Waals surface area contributed by atoms with E-state index < -0.39 is 6.10 Å². The smallest absolute Gasteiger partial charge is 0.246 e. The molecule has 0 aliphatic rings. The standard InChI is InChI=1S/C9H20N2O2/c1-4-8(9(10)12)13-6-5-11-7(2)3/h7-8,11H,4-6H2,1-3H3,(H2,10,12). The lowest BCUT2D eigenvalue weighted by Crippen LogP contribution is -2.34. The fourth-order valence-electron chi connectivity index (χ4n) is 0.950. The molecule has 0 fully saturated rings. The van der Waals surface area contributed by atoms with Gasteiger partial charge in [-0.3, -0.25) is 4.79 Å². The quantitative estimate of drug-likeness (QED) is 0.563. The van der Waals surface area contributed by atoms with Gasteiger partial charge in [0.1, 0.15) is 6.10 Å². The van der Waals surface area contributed by atoms with Crippen LogP contribution in [0.2, 0.25) is 0 Å². The molecular weight excluding hydrogens is 168 g/mol. The van der Waals surface area contributed by atoms with Crippen LogP contribution < -0.4 is 11.1 Å². The summed E-state index contributed by atoms with van der Waals surface area (Å²) in [6, 6.07) is 0.442. The van der Waals surface area contributed by atoms with Crippen LogP contribution in [0.1, 0.15) is 27.2 Å². The van der Waals surface area contributed by atoms with Gasteiger partial charge in [-0.25, -0.2) is 0 Å². The van der Waals surface area contributed by atoms with Gasteiger partial charge in [0.25, 0.3) is 0 Å². The molecule has 0 aromatic rings. The van der Waals surface area contributed by atoms with E-state index in [1.165, 1.54) is 0 Å². The summed E-state index contributed by atoms with van der Waals surface area (Å²) in [6.07, 6.45) is 0.200. The lowest BCUT2D eigenvalue weighted by molar-refractivity contribution is -0.129. The fourth-order valence-corrected chi connectivity index (χ4v) is 0.950. The van der Waals surface area contributed by atoms with Gasteiger partial charge >= 0.3 is 0 Å². The van der Waals surface area contributed by atoms with Crippen LogP contribution in [0, 0.1) is 0 Å². The SMILES string of the molecule is CCC(OCCNC(C)C)C(N)=O. The predicted octanol–water partition coefficient (Wildman–Crippen LogP) is 0.265. The van der Waals surface area contributed by atoms with Crippen molar-refractivity contribution >= 4 is 5.91 Å². The van der Waals surface area contributed by atoms with Crippen LogP contribution in [-0.2, 0) is 9.53 Å². The second-order valence-electron chi connectivity index (χ2n) is 3.28. The van der Waals surface area contributed by atoms with Crippen LogP contribution in [0.5, 0.6) is 0 Å². The zero-order valence-corrected chi connectivity index (χ0v) is 8.67. The van der Waals surface area contributed by atoms with E-state index in [4.69, 9.17) is 10.5 Å². The second kappa shape index (κ2) is 6.86. The molecule has 4 heteroatoms. The van der Waals surface area contributed by atoms with Gasteiger partial charge in [0.2, 0.25) is 5.91 Å². The molecule has 0 bridgehead atoms. The molecular formula is C9H20N2O2. The molecule has 78 valence electrons. The lowest BCUT2D eigenvalue weighted by Gasteiger charge is -2.13. The van der Waals surface area contributed by atoms with Crippen LogP contribution in [-0.4, -0.2) is 31.2 Å². The van der Waals surface area contributed by atoms with E-state index in [-0.39, 0.29) is 5.91 Å². The van der Waals surface area contributed by atoms with Crippen molar-refractivity contribution in [3.63, 3.8) is 0 Å². The Bertz CT molecular complexity index is 149. The minimum atomic E-state index is -0.436. The van der Waals surface area contributed by atoms with E-state index in [0.717, 1.165) is 6.54 Å². The van der Waals surface area contributed by atoms with Crippen LogP contribution in [0.15, 0.2) is 0 Å². The predicted molar refractivity (Wildman–Crippen MR) is 52.4 cm³/mol. The summed E-state index contributed by atoms with van der Waals surface area (Å²) < 4.78 is 5.27. The monoisotopic (exact) mass is 188 g/mol. The molecule has 1 atom stereocenters. The maximum absolute atomic E-state index is 10.7. The topological polar surface area (TPSA) is 64.3 Å². The van der Waals surface area contributed by atoms with Gasteiger partial charge in [0, 0.05) is 12.6 Å². The minimum absolute atomic E-state index is 0.382. The number of hydrogen-bond acceptors (Lipinski definition) is 3. The Morgan fingerprint density at radius 3 is 2.54 bits per heavy atom. The molecule has 0 aromatic heterocycles. The molecule has 0 radical (unpaired) electrons. The van der Waals surface area contributed by atoms with Gasteiger partial charge in [-0.15, -0.1) is 0 Å². The van der Waals surface area contributed by atoms with Crippen LogP contribution in [0.4, 0.5) is 0 Å². The van der Waals surface area contributed by atoms with Crippen LogP contribution in [0.3, 0.4) is 0 Å². The number of primary amides is 1. The normalized spacial score (nSPS) is 13.2. The average molecular weight is 188 g/mol. The number of ether oxygens (including phenoxy) is 1. The summed E-state index contributed by atoms with van der Waals surface area (Å²) in [4.78, 5) is 10.7. The number of rotatable bonds is 7. The van der Waals surface area contributed by atoms with Gasteiger partial charge in [-0.1, -0.05) is 20.8 Å². The second-order valence-corrected chi connectivity index (χ2v) is 3.28. The van der Waals surface area contributed by atoms with Gasteiger partial charge < -0.3 is 15.8 Å². The first-order valence-electron chi connectivity index (χ1n) is 4.72. The Kier molecular flexibility index (Phi) is 6.54. The lowest BCUT2D eigenvalue weighted by atomic mass is 10.3. The van der Waals surface area contributed by atoms with E-state index in [2.05, 4.69) is 19.2 Å². The highest BCUT2D eigenvalue weighted by Gasteiger charge is 2.11. The summed E-state index contributed by atoms with van der Waals surface area (Å²) in [5.41, 5.74) is 5.10. The minimum Gasteiger partial charge on any atom is -0.367 e. The Hall–Kier alpha value is -0.610. The number of hydrogen-bond donors (Lipinski definition) is 2. The van der Waals surface area contributed by atoms with Crippen molar-refractivity contribution in [2.45, 2.75) is 39.3 Å². The summed E-state index contributed by atoms with van der Waals surface area (Å²) in [6.45, 7) is 7.28. The maximum atomic E-state index is 10.7. The molecule has 0 spiro atoms. The molecule has 0 aliphatic carbocycles. The van der Waals surface area contributed by atoms with E-state index in [9.17, 15) is 4.79 Å². The van der Waals surface area contributed by atoms with Gasteiger partial charge in [-0.2, -0.15) is 0 Å². The largest absolute Gasteiger partial charge is 0.367 e. The molecule has 1 amide bonds. The summed E-state index contributed by atoms with van der Waals surface area (Å²) in [7, 11) is 0. The van der Waals surface area contributed by atoms with E-state index >= 15 is 0 Å². The van der Waals surface area contributed by atoms with E-state index in [1.807, 2.05) is 6.92 Å². The first-order valence-corrected chi connectivity index (χ1v) is 4.72. The summed E-state index contributed by atoms with van der Waals surface area (Å²) >= 11 is 0. The molecule has 0 heterocycles. The molecule has 0 rings (SSSR count). The Morgan fingerprint density at radius 1 is 1.54 bits per heavy atom. The van der Waals surface area contributed by atoms with Gasteiger partial charge in [0.05, 0.1) is 6.61 Å². The molecule has 13 heavy (non-hydrogen) atoms. The highest BCUT2D eigenvalue weighted by atomic mass is 16.5. The third kappa shape index (κ3) is 6.54. The van der Waals surface area contributed by atoms with Crippen LogP contribution in [0.25, 0.3) is 0 Å². The number of carbonyl (C=O) groups is 1. The van der Waals surface area contributed by atoms with Crippen molar-refractivity contribution < 1.29 is 9.53 Å². The zero-order chi connectivity index (χ0) is 10.3. The Balaban J connectivity index is 3.44. The van der Waals surface area contributed by atoms with Crippen molar-refractivity contribution in [2.24, 2.45) is 5.73 Å². The molecule has 0 aliphatic heterocycles. The molecule has 0 aromatic carbocycles. The van der Waals surface area contributed by atoms with Crippen molar-refractivity contribution in [3.05, 3.63) is 0 Å². The summed E-state index contributed by atoms with van der Waals surface area (Å²) in [5, 5.41) is 3.19. The maximum Gasteiger partial charge on any atom is 0.246 e. The number of amides is 1. The highest BCUT2D eigenvalue weighted by molar-refractivity contribution is 5.78. The van der Waals surface area contributed by atoms with Crippen molar-refractivity contribution in [1.82, 2.24) is 5.32 Å². The van der Waals surface area contributed by atoms with Gasteiger partial charge in [-0.05, 0) is 6.42 Å². The van der Waals surface area contributed by atoms with Gasteiger partial charge in [0.15, 0.2) is 0 Å².